The molecule has 1 heterocycles. The molecule has 4 heteroatoms. The van der Waals surface area contributed by atoms with Gasteiger partial charge in [-0.1, -0.05) is 6.07 Å². The molecule has 3 nitrogen and oxygen atoms in total. The molecule has 0 atom stereocenters. The second-order valence-corrected chi connectivity index (χ2v) is 3.93. The molecule has 88 valence electrons. The van der Waals surface area contributed by atoms with Gasteiger partial charge < -0.3 is 5.32 Å². The lowest BCUT2D eigenvalue weighted by atomic mass is 10.1. The van der Waals surface area contributed by atoms with Crippen molar-refractivity contribution in [1.82, 2.24) is 9.97 Å². The Labute approximate surface area is 99.7 Å². The molecule has 0 radical (unpaired) electrons. The third-order valence-corrected chi connectivity index (χ3v) is 2.55. The minimum atomic E-state index is -0.276. The molecule has 0 saturated heterocycles. The van der Waals surface area contributed by atoms with Crippen LogP contribution in [0.5, 0.6) is 0 Å². The Balaban J connectivity index is 2.59. The van der Waals surface area contributed by atoms with Crippen molar-refractivity contribution in [3.8, 4) is 11.4 Å². The van der Waals surface area contributed by atoms with Crippen molar-refractivity contribution >= 4 is 5.82 Å². The van der Waals surface area contributed by atoms with E-state index >= 15 is 0 Å². The standard InChI is InChI=1S/C13H14FN3/c1-8-4-5-10(14)7-11(8)13-16-9(2)6-12(15-3)17-13/h4-7H,1-3H3,(H,15,16,17). The Bertz CT molecular complexity index is 552. The van der Waals surface area contributed by atoms with Crippen LogP contribution in [0.25, 0.3) is 11.4 Å². The van der Waals surface area contributed by atoms with Crippen LogP contribution in [0, 0.1) is 19.7 Å². The van der Waals surface area contributed by atoms with Crippen molar-refractivity contribution in [1.29, 1.82) is 0 Å². The first-order valence-electron chi connectivity index (χ1n) is 5.40. The van der Waals surface area contributed by atoms with E-state index in [1.54, 1.807) is 13.1 Å². The topological polar surface area (TPSA) is 37.8 Å². The van der Waals surface area contributed by atoms with Crippen molar-refractivity contribution in [3.05, 3.63) is 41.3 Å². The van der Waals surface area contributed by atoms with Crippen molar-refractivity contribution in [2.24, 2.45) is 0 Å². The summed E-state index contributed by atoms with van der Waals surface area (Å²) in [5.41, 5.74) is 2.53. The summed E-state index contributed by atoms with van der Waals surface area (Å²) in [4.78, 5) is 8.67. The molecule has 1 aromatic heterocycles. The third kappa shape index (κ3) is 2.41. The van der Waals surface area contributed by atoms with Gasteiger partial charge in [0.25, 0.3) is 0 Å². The number of hydrogen-bond acceptors (Lipinski definition) is 3. The normalized spacial score (nSPS) is 10.4. The van der Waals surface area contributed by atoms with Gasteiger partial charge in [0.15, 0.2) is 5.82 Å². The van der Waals surface area contributed by atoms with Crippen molar-refractivity contribution in [2.75, 3.05) is 12.4 Å². The molecule has 0 aliphatic carbocycles. The molecule has 2 aromatic rings. The quantitative estimate of drug-likeness (QED) is 0.863. The van der Waals surface area contributed by atoms with Crippen LogP contribution >= 0.6 is 0 Å². The van der Waals surface area contributed by atoms with Crippen LogP contribution < -0.4 is 5.32 Å². The summed E-state index contributed by atoms with van der Waals surface area (Å²) in [5, 5.41) is 2.97. The number of nitrogens with zero attached hydrogens (tertiary/aromatic N) is 2. The maximum atomic E-state index is 13.2. The molecule has 0 bridgehead atoms. The van der Waals surface area contributed by atoms with Gasteiger partial charge in [-0.05, 0) is 31.5 Å². The predicted molar refractivity (Wildman–Crippen MR) is 66.4 cm³/mol. The van der Waals surface area contributed by atoms with Gasteiger partial charge >= 0.3 is 0 Å². The maximum Gasteiger partial charge on any atom is 0.162 e. The lowest BCUT2D eigenvalue weighted by Crippen LogP contribution is -1.99. The lowest BCUT2D eigenvalue weighted by Gasteiger charge is -2.08. The predicted octanol–water partition coefficient (Wildman–Crippen LogP) is 2.94. The fourth-order valence-electron chi connectivity index (χ4n) is 1.65. The number of aromatic nitrogens is 2. The van der Waals surface area contributed by atoms with Crippen LogP contribution in [0.3, 0.4) is 0 Å². The highest BCUT2D eigenvalue weighted by Gasteiger charge is 2.08. The van der Waals surface area contributed by atoms with Gasteiger partial charge in [-0.15, -0.1) is 0 Å². The van der Waals surface area contributed by atoms with Crippen LogP contribution in [0.15, 0.2) is 24.3 Å². The Morgan fingerprint density at radius 1 is 1.12 bits per heavy atom. The Kier molecular flexibility index (Phi) is 3.04. The van der Waals surface area contributed by atoms with Gasteiger partial charge in [0.05, 0.1) is 0 Å². The maximum absolute atomic E-state index is 13.2. The molecule has 0 fully saturated rings. The molecule has 1 aromatic carbocycles. The first-order valence-corrected chi connectivity index (χ1v) is 5.40. The van der Waals surface area contributed by atoms with E-state index in [4.69, 9.17) is 0 Å². The van der Waals surface area contributed by atoms with Crippen LogP contribution in [0.2, 0.25) is 0 Å². The van der Waals surface area contributed by atoms with E-state index in [-0.39, 0.29) is 5.82 Å². The second kappa shape index (κ2) is 4.49. The zero-order valence-electron chi connectivity index (χ0n) is 10.1. The summed E-state index contributed by atoms with van der Waals surface area (Å²) in [6.45, 7) is 3.81. The first kappa shape index (κ1) is 11.5. The molecule has 0 spiro atoms. The summed E-state index contributed by atoms with van der Waals surface area (Å²) >= 11 is 0. The molecule has 1 N–H and O–H groups in total. The minimum absolute atomic E-state index is 0.276. The van der Waals surface area contributed by atoms with E-state index in [0.717, 1.165) is 22.6 Å². The summed E-state index contributed by atoms with van der Waals surface area (Å²) in [5.74, 6) is 1.00. The highest BCUT2D eigenvalue weighted by atomic mass is 19.1. The van der Waals surface area contributed by atoms with E-state index in [1.807, 2.05) is 19.9 Å². The molecule has 0 aliphatic heterocycles. The summed E-state index contributed by atoms with van der Waals surface area (Å²) in [6, 6.07) is 6.48. The number of aryl methyl sites for hydroxylation is 2. The van der Waals surface area contributed by atoms with Gasteiger partial charge in [0.2, 0.25) is 0 Å². The van der Waals surface area contributed by atoms with Crippen LogP contribution in [-0.2, 0) is 0 Å². The Morgan fingerprint density at radius 3 is 2.59 bits per heavy atom. The monoisotopic (exact) mass is 231 g/mol. The third-order valence-electron chi connectivity index (χ3n) is 2.55. The molecule has 0 saturated carbocycles. The van der Waals surface area contributed by atoms with Gasteiger partial charge in [-0.3, -0.25) is 0 Å². The number of benzene rings is 1. The first-order chi connectivity index (χ1) is 8.10. The van der Waals surface area contributed by atoms with Gasteiger partial charge in [-0.2, -0.15) is 0 Å². The zero-order valence-corrected chi connectivity index (χ0v) is 10.1. The fourth-order valence-corrected chi connectivity index (χ4v) is 1.65. The molecule has 17 heavy (non-hydrogen) atoms. The molecule has 2 rings (SSSR count). The van der Waals surface area contributed by atoms with Crippen LogP contribution in [0.1, 0.15) is 11.3 Å². The molecular formula is C13H14FN3. The molecule has 0 aliphatic rings. The largest absolute Gasteiger partial charge is 0.373 e. The number of nitrogens with one attached hydrogen (secondary N) is 1. The SMILES string of the molecule is CNc1cc(C)nc(-c2cc(F)ccc2C)n1. The minimum Gasteiger partial charge on any atom is -0.373 e. The van der Waals surface area contributed by atoms with E-state index in [0.29, 0.717) is 5.82 Å². The summed E-state index contributed by atoms with van der Waals surface area (Å²) in [7, 11) is 1.80. The smallest absolute Gasteiger partial charge is 0.162 e. The number of rotatable bonds is 2. The fraction of sp³-hybridized carbons (Fsp3) is 0.231. The van der Waals surface area contributed by atoms with E-state index < -0.39 is 0 Å². The van der Waals surface area contributed by atoms with Crippen molar-refractivity contribution in [2.45, 2.75) is 13.8 Å². The Hall–Kier alpha value is -1.97. The van der Waals surface area contributed by atoms with E-state index in [9.17, 15) is 4.39 Å². The summed E-state index contributed by atoms with van der Waals surface area (Å²) < 4.78 is 13.2. The van der Waals surface area contributed by atoms with Crippen LogP contribution in [0.4, 0.5) is 10.2 Å². The average Bonchev–Trinajstić information content (AvgIpc) is 2.31. The highest BCUT2D eigenvalue weighted by Crippen LogP contribution is 2.22. The van der Waals surface area contributed by atoms with Gasteiger partial charge in [-0.25, -0.2) is 14.4 Å². The average molecular weight is 231 g/mol. The van der Waals surface area contributed by atoms with Crippen molar-refractivity contribution < 1.29 is 4.39 Å². The van der Waals surface area contributed by atoms with Gasteiger partial charge in [0, 0.05) is 24.4 Å². The van der Waals surface area contributed by atoms with E-state index in [1.165, 1.54) is 12.1 Å². The lowest BCUT2D eigenvalue weighted by molar-refractivity contribution is 0.627. The highest BCUT2D eigenvalue weighted by molar-refractivity contribution is 5.61. The number of hydrogen-bond donors (Lipinski definition) is 1. The van der Waals surface area contributed by atoms with E-state index in [2.05, 4.69) is 15.3 Å². The zero-order chi connectivity index (χ0) is 12.4. The van der Waals surface area contributed by atoms with Crippen molar-refractivity contribution in [3.63, 3.8) is 0 Å². The second-order valence-electron chi connectivity index (χ2n) is 3.93. The molecular weight excluding hydrogens is 217 g/mol. The summed E-state index contributed by atoms with van der Waals surface area (Å²) in [6.07, 6.45) is 0. The molecule has 0 unspecified atom stereocenters. The van der Waals surface area contributed by atoms with Crippen LogP contribution in [-0.4, -0.2) is 17.0 Å². The Morgan fingerprint density at radius 2 is 1.88 bits per heavy atom. The van der Waals surface area contributed by atoms with Gasteiger partial charge in [0.1, 0.15) is 11.6 Å². The number of anilines is 1. The number of halogens is 1. The molecule has 0 amide bonds.